The van der Waals surface area contributed by atoms with Crippen LogP contribution in [0, 0.1) is 12.7 Å². The molecule has 0 bridgehead atoms. The number of likely N-dealkylation sites (tertiary alicyclic amines) is 1. The topological polar surface area (TPSA) is 59.5 Å². The van der Waals surface area contributed by atoms with Gasteiger partial charge in [0.2, 0.25) is 0 Å². The molecule has 3 aromatic rings. The molecule has 0 spiro atoms. The van der Waals surface area contributed by atoms with E-state index >= 15 is 0 Å². The first-order valence-corrected chi connectivity index (χ1v) is 10.4. The molecule has 150 valence electrons. The number of halogens is 1. The van der Waals surface area contributed by atoms with Gasteiger partial charge in [0.05, 0.1) is 20.8 Å². The summed E-state index contributed by atoms with van der Waals surface area (Å²) < 4.78 is 19.9. The number of nitrogens with zero attached hydrogens (tertiary/aromatic N) is 2. The molecule has 2 aromatic carbocycles. The van der Waals surface area contributed by atoms with Crippen molar-refractivity contribution < 1.29 is 18.7 Å². The van der Waals surface area contributed by atoms with E-state index in [0.29, 0.717) is 18.7 Å². The first-order chi connectivity index (χ1) is 14.0. The van der Waals surface area contributed by atoms with E-state index in [2.05, 4.69) is 6.07 Å². The summed E-state index contributed by atoms with van der Waals surface area (Å²) in [5.74, 6) is -1.22. The summed E-state index contributed by atoms with van der Waals surface area (Å²) in [6.07, 6.45) is 1.86. The third kappa shape index (κ3) is 4.29. The monoisotopic (exact) mass is 412 g/mol. The lowest BCUT2D eigenvalue weighted by Crippen LogP contribution is -2.41. The first kappa shape index (κ1) is 19.5. The second-order valence-corrected chi connectivity index (χ2v) is 8.30. The quantitative estimate of drug-likeness (QED) is 0.599. The fourth-order valence-electron chi connectivity index (χ4n) is 3.49. The van der Waals surface area contributed by atoms with Gasteiger partial charge in [-0.15, -0.1) is 11.3 Å². The summed E-state index contributed by atoms with van der Waals surface area (Å²) in [5.41, 5.74) is 1.54. The molecule has 1 fully saturated rings. The standard InChI is InChI=1S/C22H21FN2O3S/c1-14-8-9-15(11-17(14)23)22(27)28-13-20(26)25-10-4-5-16(12-25)21-24-18-6-2-3-7-19(18)29-21/h2-3,6-9,11,16H,4-5,10,12-13H2,1H3/t16-/m0/s1. The van der Waals surface area contributed by atoms with E-state index < -0.39 is 11.8 Å². The van der Waals surface area contributed by atoms with Crippen molar-refractivity contribution in [2.75, 3.05) is 19.7 Å². The van der Waals surface area contributed by atoms with Gasteiger partial charge in [-0.05, 0) is 49.6 Å². The number of piperidine rings is 1. The number of thiazole rings is 1. The minimum absolute atomic E-state index is 0.104. The summed E-state index contributed by atoms with van der Waals surface area (Å²) in [7, 11) is 0. The van der Waals surface area contributed by atoms with Crippen LogP contribution in [0.25, 0.3) is 10.2 Å². The number of amides is 1. The first-order valence-electron chi connectivity index (χ1n) is 9.58. The molecular weight excluding hydrogens is 391 g/mol. The van der Waals surface area contributed by atoms with E-state index in [-0.39, 0.29) is 24.0 Å². The van der Waals surface area contributed by atoms with Crippen molar-refractivity contribution in [2.24, 2.45) is 0 Å². The maximum absolute atomic E-state index is 13.6. The third-order valence-electron chi connectivity index (χ3n) is 5.17. The Kier molecular flexibility index (Phi) is 5.58. The van der Waals surface area contributed by atoms with E-state index in [4.69, 9.17) is 9.72 Å². The summed E-state index contributed by atoms with van der Waals surface area (Å²) in [6, 6.07) is 12.2. The molecule has 5 nitrogen and oxygen atoms in total. The van der Waals surface area contributed by atoms with Crippen molar-refractivity contribution in [1.29, 1.82) is 0 Å². The number of ether oxygens (including phenoxy) is 1. The van der Waals surface area contributed by atoms with Crippen LogP contribution in [0.3, 0.4) is 0 Å². The highest BCUT2D eigenvalue weighted by molar-refractivity contribution is 7.18. The number of rotatable bonds is 4. The Hall–Kier alpha value is -2.80. The number of aryl methyl sites for hydroxylation is 1. The van der Waals surface area contributed by atoms with Crippen molar-refractivity contribution in [1.82, 2.24) is 9.88 Å². The van der Waals surface area contributed by atoms with E-state index in [9.17, 15) is 14.0 Å². The molecule has 0 aliphatic carbocycles. The highest BCUT2D eigenvalue weighted by atomic mass is 32.1. The van der Waals surface area contributed by atoms with Gasteiger partial charge < -0.3 is 9.64 Å². The van der Waals surface area contributed by atoms with Gasteiger partial charge in [-0.1, -0.05) is 18.2 Å². The predicted molar refractivity (Wildman–Crippen MR) is 110 cm³/mol. The van der Waals surface area contributed by atoms with E-state index in [1.807, 2.05) is 18.2 Å². The summed E-state index contributed by atoms with van der Waals surface area (Å²) >= 11 is 1.67. The highest BCUT2D eigenvalue weighted by Gasteiger charge is 2.27. The summed E-state index contributed by atoms with van der Waals surface area (Å²) in [5, 5.41) is 1.04. The molecule has 0 radical (unpaired) electrons. The second-order valence-electron chi connectivity index (χ2n) is 7.24. The van der Waals surface area contributed by atoms with Crippen LogP contribution in [0.2, 0.25) is 0 Å². The minimum Gasteiger partial charge on any atom is -0.452 e. The van der Waals surface area contributed by atoms with Gasteiger partial charge in [0, 0.05) is 19.0 Å². The van der Waals surface area contributed by atoms with E-state index in [1.165, 1.54) is 12.1 Å². The van der Waals surface area contributed by atoms with Crippen molar-refractivity contribution in [2.45, 2.75) is 25.7 Å². The van der Waals surface area contributed by atoms with Crippen LogP contribution >= 0.6 is 11.3 Å². The molecule has 2 heterocycles. The number of hydrogen-bond donors (Lipinski definition) is 0. The number of carbonyl (C=O) groups is 2. The number of esters is 1. The van der Waals surface area contributed by atoms with Gasteiger partial charge in [-0.2, -0.15) is 0 Å². The SMILES string of the molecule is Cc1ccc(C(=O)OCC(=O)N2CCC[C@H](c3nc4ccccc4s3)C2)cc1F. The maximum atomic E-state index is 13.6. The minimum atomic E-state index is -0.697. The van der Waals surface area contributed by atoms with Gasteiger partial charge in [0.15, 0.2) is 6.61 Å². The molecular formula is C22H21FN2O3S. The Morgan fingerprint density at radius 1 is 1.28 bits per heavy atom. The molecule has 7 heteroatoms. The Bertz CT molecular complexity index is 1030. The largest absolute Gasteiger partial charge is 0.452 e. The fraction of sp³-hybridized carbons (Fsp3) is 0.318. The fourth-order valence-corrected chi connectivity index (χ4v) is 4.58. The van der Waals surface area contributed by atoms with Gasteiger partial charge in [-0.3, -0.25) is 4.79 Å². The molecule has 1 amide bonds. The molecule has 0 saturated carbocycles. The molecule has 0 unspecified atom stereocenters. The van der Waals surface area contributed by atoms with Gasteiger partial charge >= 0.3 is 5.97 Å². The van der Waals surface area contributed by atoms with E-state index in [0.717, 1.165) is 34.1 Å². The molecule has 1 saturated heterocycles. The van der Waals surface area contributed by atoms with Gasteiger partial charge in [-0.25, -0.2) is 14.2 Å². The van der Waals surface area contributed by atoms with Crippen molar-refractivity contribution in [3.05, 3.63) is 64.4 Å². The summed E-state index contributed by atoms with van der Waals surface area (Å²) in [4.78, 5) is 31.1. The van der Waals surface area contributed by atoms with Crippen LogP contribution < -0.4 is 0 Å². The van der Waals surface area contributed by atoms with Crippen LogP contribution in [0.15, 0.2) is 42.5 Å². The number of para-hydroxylation sites is 1. The van der Waals surface area contributed by atoms with Crippen LogP contribution in [0.1, 0.15) is 39.7 Å². The third-order valence-corrected chi connectivity index (χ3v) is 6.37. The molecule has 1 atom stereocenters. The zero-order chi connectivity index (χ0) is 20.4. The average molecular weight is 412 g/mol. The van der Waals surface area contributed by atoms with Gasteiger partial charge in [0.1, 0.15) is 5.82 Å². The molecule has 4 rings (SSSR count). The average Bonchev–Trinajstić information content (AvgIpc) is 3.18. The predicted octanol–water partition coefficient (Wildman–Crippen LogP) is 4.31. The number of hydrogen-bond acceptors (Lipinski definition) is 5. The Morgan fingerprint density at radius 3 is 2.90 bits per heavy atom. The highest BCUT2D eigenvalue weighted by Crippen LogP contribution is 2.33. The number of fused-ring (bicyclic) bond motifs is 1. The molecule has 29 heavy (non-hydrogen) atoms. The molecule has 1 aromatic heterocycles. The van der Waals surface area contributed by atoms with Crippen molar-refractivity contribution in [3.8, 4) is 0 Å². The molecule has 1 aliphatic rings. The summed E-state index contributed by atoms with van der Waals surface area (Å²) in [6.45, 7) is 2.47. The lowest BCUT2D eigenvalue weighted by molar-refractivity contribution is -0.135. The van der Waals surface area contributed by atoms with Crippen molar-refractivity contribution in [3.63, 3.8) is 0 Å². The second kappa shape index (κ2) is 8.29. The Balaban J connectivity index is 1.37. The van der Waals surface area contributed by atoms with Crippen molar-refractivity contribution >= 4 is 33.4 Å². The zero-order valence-electron chi connectivity index (χ0n) is 16.1. The van der Waals surface area contributed by atoms with Crippen LogP contribution in [0.5, 0.6) is 0 Å². The Morgan fingerprint density at radius 2 is 2.10 bits per heavy atom. The number of aromatic nitrogens is 1. The van der Waals surface area contributed by atoms with Crippen LogP contribution in [-0.2, 0) is 9.53 Å². The van der Waals surface area contributed by atoms with Crippen LogP contribution in [-0.4, -0.2) is 41.5 Å². The van der Waals surface area contributed by atoms with Crippen LogP contribution in [0.4, 0.5) is 4.39 Å². The van der Waals surface area contributed by atoms with Gasteiger partial charge in [0.25, 0.3) is 5.91 Å². The smallest absolute Gasteiger partial charge is 0.338 e. The normalized spacial score (nSPS) is 16.8. The number of carbonyl (C=O) groups excluding carboxylic acids is 2. The molecule has 1 aliphatic heterocycles. The lowest BCUT2D eigenvalue weighted by Gasteiger charge is -2.31. The number of benzene rings is 2. The molecule has 0 N–H and O–H groups in total. The zero-order valence-corrected chi connectivity index (χ0v) is 16.9. The Labute approximate surface area is 172 Å². The van der Waals surface area contributed by atoms with E-state index in [1.54, 1.807) is 23.2 Å². The lowest BCUT2D eigenvalue weighted by atomic mass is 9.99. The maximum Gasteiger partial charge on any atom is 0.338 e.